The zero-order valence-corrected chi connectivity index (χ0v) is 13.0. The largest absolute Gasteiger partial charge is 0.316 e. The van der Waals surface area contributed by atoms with Crippen LogP contribution in [0.25, 0.3) is 0 Å². The van der Waals surface area contributed by atoms with Crippen LogP contribution in [0, 0.1) is 12.3 Å². The van der Waals surface area contributed by atoms with Gasteiger partial charge in [-0.25, -0.2) is 0 Å². The van der Waals surface area contributed by atoms with Crippen LogP contribution in [-0.2, 0) is 0 Å². The summed E-state index contributed by atoms with van der Waals surface area (Å²) in [5, 5.41) is 3.64. The fourth-order valence-electron chi connectivity index (χ4n) is 4.19. The number of likely N-dealkylation sites (tertiary alicyclic amines) is 1. The van der Waals surface area contributed by atoms with E-state index in [1.807, 2.05) is 0 Å². The number of benzene rings is 1. The number of piperidine rings is 1. The van der Waals surface area contributed by atoms with Crippen molar-refractivity contribution in [3.8, 4) is 0 Å². The maximum atomic E-state index is 3.64. The van der Waals surface area contributed by atoms with Crippen molar-refractivity contribution in [2.75, 3.05) is 33.2 Å². The molecule has 1 aromatic carbocycles. The van der Waals surface area contributed by atoms with E-state index in [1.54, 1.807) is 5.56 Å². The third-order valence-electron chi connectivity index (χ3n) is 5.57. The van der Waals surface area contributed by atoms with Gasteiger partial charge in [-0.1, -0.05) is 29.8 Å². The zero-order chi connectivity index (χ0) is 14.0. The topological polar surface area (TPSA) is 15.3 Å². The zero-order valence-electron chi connectivity index (χ0n) is 13.0. The van der Waals surface area contributed by atoms with Gasteiger partial charge >= 0.3 is 0 Å². The molecule has 2 aliphatic rings. The molecule has 0 amide bonds. The molecule has 0 aromatic heterocycles. The van der Waals surface area contributed by atoms with E-state index in [1.165, 1.54) is 50.9 Å². The van der Waals surface area contributed by atoms with Gasteiger partial charge in [0.25, 0.3) is 0 Å². The molecule has 3 rings (SSSR count). The van der Waals surface area contributed by atoms with Crippen LogP contribution in [0.15, 0.2) is 24.3 Å². The van der Waals surface area contributed by atoms with E-state index in [0.29, 0.717) is 11.3 Å². The summed E-state index contributed by atoms with van der Waals surface area (Å²) in [6.45, 7) is 7.08. The molecule has 2 nitrogen and oxygen atoms in total. The van der Waals surface area contributed by atoms with E-state index in [-0.39, 0.29) is 0 Å². The molecule has 0 radical (unpaired) electrons. The molecule has 2 saturated heterocycles. The van der Waals surface area contributed by atoms with Gasteiger partial charge in [0.15, 0.2) is 0 Å². The van der Waals surface area contributed by atoms with Gasteiger partial charge in [-0.2, -0.15) is 0 Å². The monoisotopic (exact) mass is 272 g/mol. The molecule has 0 saturated carbocycles. The summed E-state index contributed by atoms with van der Waals surface area (Å²) in [5.74, 6) is 0.698. The van der Waals surface area contributed by atoms with Gasteiger partial charge in [-0.05, 0) is 70.3 Å². The van der Waals surface area contributed by atoms with Crippen LogP contribution in [0.1, 0.15) is 42.7 Å². The number of aryl methyl sites for hydroxylation is 1. The van der Waals surface area contributed by atoms with Gasteiger partial charge in [0.05, 0.1) is 0 Å². The van der Waals surface area contributed by atoms with Gasteiger partial charge < -0.3 is 10.2 Å². The Labute approximate surface area is 123 Å². The van der Waals surface area contributed by atoms with Gasteiger partial charge in [0, 0.05) is 12.5 Å². The van der Waals surface area contributed by atoms with Gasteiger partial charge in [0.1, 0.15) is 0 Å². The predicted molar refractivity (Wildman–Crippen MR) is 85.2 cm³/mol. The highest BCUT2D eigenvalue weighted by Gasteiger charge is 2.41. The molecule has 2 fully saturated rings. The Kier molecular flexibility index (Phi) is 4.13. The highest BCUT2D eigenvalue weighted by Crippen LogP contribution is 2.48. The fraction of sp³-hybridized carbons (Fsp3) is 0.667. The van der Waals surface area contributed by atoms with Crippen LogP contribution in [0.4, 0.5) is 0 Å². The third kappa shape index (κ3) is 2.77. The summed E-state index contributed by atoms with van der Waals surface area (Å²) in [5.41, 5.74) is 3.45. The van der Waals surface area contributed by atoms with Crippen LogP contribution in [-0.4, -0.2) is 38.1 Å². The summed E-state index contributed by atoms with van der Waals surface area (Å²) in [6.07, 6.45) is 5.47. The Hall–Kier alpha value is -0.860. The van der Waals surface area contributed by atoms with Crippen LogP contribution in [0.3, 0.4) is 0 Å². The lowest BCUT2D eigenvalue weighted by atomic mass is 9.64. The maximum Gasteiger partial charge on any atom is 0.00255 e. The maximum absolute atomic E-state index is 3.64. The molecule has 1 spiro atoms. The number of hydrogen-bond acceptors (Lipinski definition) is 2. The van der Waals surface area contributed by atoms with Crippen molar-refractivity contribution in [1.29, 1.82) is 0 Å². The number of hydrogen-bond donors (Lipinski definition) is 1. The van der Waals surface area contributed by atoms with Crippen LogP contribution >= 0.6 is 0 Å². The molecule has 2 aliphatic heterocycles. The second-order valence-electron chi connectivity index (χ2n) is 6.94. The van der Waals surface area contributed by atoms with E-state index in [0.717, 1.165) is 6.54 Å². The Morgan fingerprint density at radius 1 is 1.10 bits per heavy atom. The number of nitrogens with one attached hydrogen (secondary N) is 1. The molecule has 1 aromatic rings. The van der Waals surface area contributed by atoms with Crippen molar-refractivity contribution in [1.82, 2.24) is 10.2 Å². The minimum atomic E-state index is 0.533. The van der Waals surface area contributed by atoms with Crippen molar-refractivity contribution < 1.29 is 0 Å². The minimum absolute atomic E-state index is 0.533. The van der Waals surface area contributed by atoms with Crippen molar-refractivity contribution >= 4 is 0 Å². The molecule has 2 heterocycles. The Balaban J connectivity index is 1.88. The lowest BCUT2D eigenvalue weighted by Crippen LogP contribution is -2.44. The highest BCUT2D eigenvalue weighted by atomic mass is 15.1. The van der Waals surface area contributed by atoms with Gasteiger partial charge in [-0.3, -0.25) is 0 Å². The summed E-state index contributed by atoms with van der Waals surface area (Å²) in [6, 6.07) is 9.29. The first kappa shape index (κ1) is 14.1. The molecule has 20 heavy (non-hydrogen) atoms. The minimum Gasteiger partial charge on any atom is -0.316 e. The molecule has 2 heteroatoms. The summed E-state index contributed by atoms with van der Waals surface area (Å²) < 4.78 is 0. The second kappa shape index (κ2) is 5.87. The van der Waals surface area contributed by atoms with E-state index in [2.05, 4.69) is 48.5 Å². The van der Waals surface area contributed by atoms with Gasteiger partial charge in [-0.15, -0.1) is 0 Å². The first-order valence-electron chi connectivity index (χ1n) is 8.15. The molecule has 110 valence electrons. The molecule has 2 unspecified atom stereocenters. The van der Waals surface area contributed by atoms with Crippen LogP contribution in [0.2, 0.25) is 0 Å². The standard InChI is InChI=1S/C18H28N2/c1-15-4-6-16(7-5-15)17-14-19-11-9-18(17)8-3-12-20(2)13-10-18/h4-7,17,19H,3,8-14H2,1-2H3. The first-order valence-corrected chi connectivity index (χ1v) is 8.15. The molecule has 1 N–H and O–H groups in total. The van der Waals surface area contributed by atoms with Crippen LogP contribution < -0.4 is 5.32 Å². The lowest BCUT2D eigenvalue weighted by Gasteiger charge is -2.45. The predicted octanol–water partition coefficient (Wildman–Crippen LogP) is 3.17. The Bertz CT molecular complexity index is 439. The molecule has 0 aliphatic carbocycles. The average Bonchev–Trinajstić information content (AvgIpc) is 2.64. The second-order valence-corrected chi connectivity index (χ2v) is 6.94. The lowest BCUT2D eigenvalue weighted by molar-refractivity contribution is 0.137. The van der Waals surface area contributed by atoms with Crippen molar-refractivity contribution in [2.45, 2.75) is 38.5 Å². The van der Waals surface area contributed by atoms with E-state index in [9.17, 15) is 0 Å². The van der Waals surface area contributed by atoms with Crippen molar-refractivity contribution in [2.24, 2.45) is 5.41 Å². The fourth-order valence-corrected chi connectivity index (χ4v) is 4.19. The van der Waals surface area contributed by atoms with Crippen molar-refractivity contribution in [3.63, 3.8) is 0 Å². The van der Waals surface area contributed by atoms with Crippen molar-refractivity contribution in [3.05, 3.63) is 35.4 Å². The molecule has 0 bridgehead atoms. The molecular weight excluding hydrogens is 244 g/mol. The average molecular weight is 272 g/mol. The Morgan fingerprint density at radius 3 is 2.70 bits per heavy atom. The van der Waals surface area contributed by atoms with E-state index >= 15 is 0 Å². The third-order valence-corrected chi connectivity index (χ3v) is 5.57. The van der Waals surface area contributed by atoms with Gasteiger partial charge in [0.2, 0.25) is 0 Å². The van der Waals surface area contributed by atoms with E-state index in [4.69, 9.17) is 0 Å². The summed E-state index contributed by atoms with van der Waals surface area (Å²) in [4.78, 5) is 2.52. The Morgan fingerprint density at radius 2 is 1.90 bits per heavy atom. The quantitative estimate of drug-likeness (QED) is 0.845. The SMILES string of the molecule is Cc1ccc(C2CNCCC23CCCN(C)CC3)cc1. The summed E-state index contributed by atoms with van der Waals surface area (Å²) >= 11 is 0. The first-order chi connectivity index (χ1) is 9.70. The number of nitrogens with zero attached hydrogens (tertiary/aromatic N) is 1. The van der Waals surface area contributed by atoms with E-state index < -0.39 is 0 Å². The highest BCUT2D eigenvalue weighted by molar-refractivity contribution is 5.27. The smallest absolute Gasteiger partial charge is 0.00255 e. The summed E-state index contributed by atoms with van der Waals surface area (Å²) in [7, 11) is 2.28. The van der Waals surface area contributed by atoms with Crippen LogP contribution in [0.5, 0.6) is 0 Å². The molecular formula is C18H28N2. The number of rotatable bonds is 1. The normalized spacial score (nSPS) is 32.2. The molecule has 2 atom stereocenters.